The van der Waals surface area contributed by atoms with Crippen molar-refractivity contribution < 1.29 is 0 Å². The monoisotopic (exact) mass is 254 g/mol. The maximum absolute atomic E-state index is 3.51. The molecule has 0 unspecified atom stereocenters. The van der Waals surface area contributed by atoms with Gasteiger partial charge in [0.2, 0.25) is 0 Å². The van der Waals surface area contributed by atoms with Crippen molar-refractivity contribution in [1.82, 2.24) is 5.32 Å². The van der Waals surface area contributed by atoms with E-state index < -0.39 is 0 Å². The summed E-state index contributed by atoms with van der Waals surface area (Å²) in [6, 6.07) is 12.2. The summed E-state index contributed by atoms with van der Waals surface area (Å²) >= 11 is 0. The zero-order valence-corrected chi connectivity index (χ0v) is 9.73. The minimum atomic E-state index is 0. The first kappa shape index (κ1) is 9.99. The highest BCUT2D eigenvalue weighted by molar-refractivity contribution is 8.93. The Morgan fingerprint density at radius 2 is 2.00 bits per heavy atom. The lowest BCUT2D eigenvalue weighted by Crippen LogP contribution is -2.43. The van der Waals surface area contributed by atoms with Gasteiger partial charge in [-0.15, -0.1) is 17.0 Å². The van der Waals surface area contributed by atoms with Crippen LogP contribution in [0, 0.1) is 0 Å². The van der Waals surface area contributed by atoms with Crippen LogP contribution in [0.3, 0.4) is 0 Å². The van der Waals surface area contributed by atoms with Gasteiger partial charge in [-0.1, -0.05) is 18.2 Å². The quantitative estimate of drug-likeness (QED) is 0.823. The Bertz CT molecular complexity index is 301. The van der Waals surface area contributed by atoms with Gasteiger partial charge in [-0.05, 0) is 18.6 Å². The summed E-state index contributed by atoms with van der Waals surface area (Å²) in [7, 11) is 0. The predicted molar refractivity (Wildman–Crippen MR) is 64.3 cm³/mol. The molecule has 0 aliphatic carbocycles. The van der Waals surface area contributed by atoms with Crippen molar-refractivity contribution in [2.24, 2.45) is 0 Å². The Labute approximate surface area is 95.1 Å². The second-order valence-corrected chi connectivity index (χ2v) is 3.98. The fraction of sp³-hybridized carbons (Fsp3) is 0.455. The van der Waals surface area contributed by atoms with Gasteiger partial charge in [-0.3, -0.25) is 0 Å². The Morgan fingerprint density at radius 1 is 1.21 bits per heavy atom. The first-order chi connectivity index (χ1) is 6.43. The second-order valence-electron chi connectivity index (χ2n) is 3.98. The van der Waals surface area contributed by atoms with Crippen LogP contribution in [0.5, 0.6) is 0 Å². The molecular formula is C11H15BrN2. The average Bonchev–Trinajstić information content (AvgIpc) is 2.80. The van der Waals surface area contributed by atoms with Crippen molar-refractivity contribution in [1.29, 1.82) is 0 Å². The van der Waals surface area contributed by atoms with E-state index in [9.17, 15) is 0 Å². The first-order valence-corrected chi connectivity index (χ1v) is 4.98. The lowest BCUT2D eigenvalue weighted by Gasteiger charge is -2.29. The summed E-state index contributed by atoms with van der Waals surface area (Å²) in [5, 5.41) is 3.51. The van der Waals surface area contributed by atoms with E-state index >= 15 is 0 Å². The predicted octanol–water partition coefficient (Wildman–Crippen LogP) is 1.81. The number of rotatable bonds is 1. The van der Waals surface area contributed by atoms with Crippen molar-refractivity contribution in [2.75, 3.05) is 18.0 Å². The van der Waals surface area contributed by atoms with E-state index in [4.69, 9.17) is 0 Å². The summed E-state index contributed by atoms with van der Waals surface area (Å²) in [5.74, 6) is 0. The van der Waals surface area contributed by atoms with Crippen molar-refractivity contribution in [2.45, 2.75) is 18.5 Å². The standard InChI is InChI=1S/C11H14N2.BrH/c1-2-4-10(5-3-1)13-8-9-6-11(13)7-12-9;/h1-5,9,11-12H,6-8H2;1H/t9-,11-;/m0./s1. The van der Waals surface area contributed by atoms with E-state index in [-0.39, 0.29) is 17.0 Å². The number of halogens is 1. The Kier molecular flexibility index (Phi) is 2.79. The number of benzene rings is 1. The average molecular weight is 255 g/mol. The summed E-state index contributed by atoms with van der Waals surface area (Å²) in [6.07, 6.45) is 1.33. The van der Waals surface area contributed by atoms with Crippen molar-refractivity contribution >= 4 is 22.7 Å². The molecule has 3 rings (SSSR count). The third-order valence-electron chi connectivity index (χ3n) is 3.14. The van der Waals surface area contributed by atoms with Crippen molar-refractivity contribution in [3.63, 3.8) is 0 Å². The number of nitrogens with one attached hydrogen (secondary N) is 1. The molecule has 14 heavy (non-hydrogen) atoms. The van der Waals surface area contributed by atoms with Crippen molar-refractivity contribution in [3.8, 4) is 0 Å². The number of hydrogen-bond donors (Lipinski definition) is 1. The van der Waals surface area contributed by atoms with Gasteiger partial charge >= 0.3 is 0 Å². The highest BCUT2D eigenvalue weighted by Gasteiger charge is 2.37. The van der Waals surface area contributed by atoms with Crippen LogP contribution >= 0.6 is 17.0 Å². The molecule has 2 bridgehead atoms. The first-order valence-electron chi connectivity index (χ1n) is 4.98. The van der Waals surface area contributed by atoms with Gasteiger partial charge in [0, 0.05) is 30.9 Å². The Balaban J connectivity index is 0.000000750. The lowest BCUT2D eigenvalue weighted by atomic mass is 10.2. The molecule has 1 N–H and O–H groups in total. The highest BCUT2D eigenvalue weighted by atomic mass is 79.9. The summed E-state index contributed by atoms with van der Waals surface area (Å²) in [6.45, 7) is 2.36. The number of nitrogens with zero attached hydrogens (tertiary/aromatic N) is 1. The summed E-state index contributed by atoms with van der Waals surface area (Å²) in [4.78, 5) is 2.53. The third-order valence-corrected chi connectivity index (χ3v) is 3.14. The fourth-order valence-corrected chi connectivity index (χ4v) is 2.50. The molecule has 0 saturated carbocycles. The molecule has 1 aromatic carbocycles. The van der Waals surface area contributed by atoms with E-state index in [0.717, 1.165) is 12.1 Å². The van der Waals surface area contributed by atoms with Crippen LogP contribution < -0.4 is 10.2 Å². The van der Waals surface area contributed by atoms with Gasteiger partial charge in [-0.2, -0.15) is 0 Å². The Morgan fingerprint density at radius 3 is 2.57 bits per heavy atom. The normalized spacial score (nSPS) is 29.0. The molecule has 3 heteroatoms. The van der Waals surface area contributed by atoms with Gasteiger partial charge in [0.25, 0.3) is 0 Å². The van der Waals surface area contributed by atoms with E-state index in [1.54, 1.807) is 0 Å². The van der Waals surface area contributed by atoms with E-state index in [0.29, 0.717) is 0 Å². The minimum absolute atomic E-state index is 0. The largest absolute Gasteiger partial charge is 0.366 e. The van der Waals surface area contributed by atoms with Crippen LogP contribution in [0.4, 0.5) is 5.69 Å². The van der Waals surface area contributed by atoms with Crippen LogP contribution in [0.25, 0.3) is 0 Å². The van der Waals surface area contributed by atoms with E-state index in [1.807, 2.05) is 0 Å². The molecule has 2 saturated heterocycles. The van der Waals surface area contributed by atoms with Crippen LogP contribution in [-0.2, 0) is 0 Å². The summed E-state index contributed by atoms with van der Waals surface area (Å²) in [5.41, 5.74) is 1.39. The molecular weight excluding hydrogens is 240 g/mol. The molecule has 2 heterocycles. The number of para-hydroxylation sites is 1. The molecule has 1 aromatic rings. The number of hydrogen-bond acceptors (Lipinski definition) is 2. The smallest absolute Gasteiger partial charge is 0.0430 e. The molecule has 0 radical (unpaired) electrons. The molecule has 2 fully saturated rings. The zero-order valence-electron chi connectivity index (χ0n) is 8.02. The topological polar surface area (TPSA) is 15.3 Å². The van der Waals surface area contributed by atoms with Crippen molar-refractivity contribution in [3.05, 3.63) is 30.3 Å². The van der Waals surface area contributed by atoms with Gasteiger partial charge in [0.15, 0.2) is 0 Å². The molecule has 0 amide bonds. The maximum Gasteiger partial charge on any atom is 0.0430 e. The van der Waals surface area contributed by atoms with E-state index in [2.05, 4.69) is 40.5 Å². The third kappa shape index (κ3) is 1.55. The SMILES string of the molecule is Br.c1ccc(N2C[C@@H]3C[C@H]2CN3)cc1. The minimum Gasteiger partial charge on any atom is -0.366 e. The van der Waals surface area contributed by atoms with Gasteiger partial charge in [0.05, 0.1) is 0 Å². The molecule has 0 aromatic heterocycles. The van der Waals surface area contributed by atoms with E-state index in [1.165, 1.54) is 25.2 Å². The highest BCUT2D eigenvalue weighted by Crippen LogP contribution is 2.28. The van der Waals surface area contributed by atoms with Crippen LogP contribution in [0.2, 0.25) is 0 Å². The maximum atomic E-state index is 3.51. The number of fused-ring (bicyclic) bond motifs is 2. The lowest BCUT2D eigenvalue weighted by molar-refractivity contribution is 0.580. The van der Waals surface area contributed by atoms with Gasteiger partial charge < -0.3 is 10.2 Å². The van der Waals surface area contributed by atoms with Crippen LogP contribution in [0.15, 0.2) is 30.3 Å². The number of piperazine rings is 1. The molecule has 2 aliphatic rings. The van der Waals surface area contributed by atoms with Crippen LogP contribution in [-0.4, -0.2) is 25.2 Å². The zero-order chi connectivity index (χ0) is 8.67. The second kappa shape index (κ2) is 3.91. The summed E-state index contributed by atoms with van der Waals surface area (Å²) < 4.78 is 0. The van der Waals surface area contributed by atoms with Gasteiger partial charge in [0.1, 0.15) is 0 Å². The fourth-order valence-electron chi connectivity index (χ4n) is 2.50. The molecule has 76 valence electrons. The molecule has 0 spiro atoms. The molecule has 2 atom stereocenters. The number of anilines is 1. The van der Waals surface area contributed by atoms with Gasteiger partial charge in [-0.25, -0.2) is 0 Å². The molecule has 2 aliphatic heterocycles. The van der Waals surface area contributed by atoms with Crippen LogP contribution in [0.1, 0.15) is 6.42 Å². The molecule has 2 nitrogen and oxygen atoms in total. The Hall–Kier alpha value is -0.540.